The second kappa shape index (κ2) is 6.15. The standard InChI is InChI=1S/C14H24N4O2/c1-9(2)8-18-12(15)11(13(19)17-14(18)20)16-10-6-4-3-5-7-10/h9-10,16H,3-8,15H2,1-2H3,(H,17,19,20). The number of aromatic amines is 1. The number of aromatic nitrogens is 2. The predicted molar refractivity (Wildman–Crippen MR) is 81.1 cm³/mol. The fraction of sp³-hybridized carbons (Fsp3) is 0.714. The number of nitrogens with one attached hydrogen (secondary N) is 2. The van der Waals surface area contributed by atoms with Gasteiger partial charge in [0.2, 0.25) is 0 Å². The summed E-state index contributed by atoms with van der Waals surface area (Å²) in [6.45, 7) is 4.51. The Morgan fingerprint density at radius 1 is 1.30 bits per heavy atom. The van der Waals surface area contributed by atoms with Crippen LogP contribution in [-0.4, -0.2) is 15.6 Å². The number of nitrogens with zero attached hydrogens (tertiary/aromatic N) is 1. The van der Waals surface area contributed by atoms with Gasteiger partial charge in [-0.05, 0) is 18.8 Å². The van der Waals surface area contributed by atoms with E-state index in [1.54, 1.807) is 0 Å². The van der Waals surface area contributed by atoms with Gasteiger partial charge in [0.1, 0.15) is 11.5 Å². The fourth-order valence-corrected chi connectivity index (χ4v) is 2.72. The molecule has 0 amide bonds. The van der Waals surface area contributed by atoms with E-state index in [0.717, 1.165) is 12.8 Å². The van der Waals surface area contributed by atoms with Crippen LogP contribution in [0.3, 0.4) is 0 Å². The van der Waals surface area contributed by atoms with Crippen LogP contribution in [0.4, 0.5) is 11.5 Å². The Labute approximate surface area is 118 Å². The van der Waals surface area contributed by atoms with E-state index < -0.39 is 11.2 Å². The molecule has 1 aliphatic rings. The van der Waals surface area contributed by atoms with Crippen molar-refractivity contribution >= 4 is 11.5 Å². The Bertz CT molecular complexity index is 568. The summed E-state index contributed by atoms with van der Waals surface area (Å²) in [5.74, 6) is 0.529. The SMILES string of the molecule is CC(C)Cn1c(N)c(NC2CCCCC2)c(=O)[nH]c1=O. The van der Waals surface area contributed by atoms with Crippen molar-refractivity contribution < 1.29 is 0 Å². The smallest absolute Gasteiger partial charge is 0.330 e. The molecule has 0 radical (unpaired) electrons. The molecule has 1 saturated carbocycles. The summed E-state index contributed by atoms with van der Waals surface area (Å²) in [5.41, 5.74) is 5.52. The molecule has 6 heteroatoms. The highest BCUT2D eigenvalue weighted by Crippen LogP contribution is 2.22. The monoisotopic (exact) mass is 280 g/mol. The molecule has 6 nitrogen and oxygen atoms in total. The van der Waals surface area contributed by atoms with Gasteiger partial charge in [-0.2, -0.15) is 0 Å². The van der Waals surface area contributed by atoms with Gasteiger partial charge in [0.05, 0.1) is 0 Å². The Morgan fingerprint density at radius 3 is 2.55 bits per heavy atom. The molecule has 1 aliphatic carbocycles. The molecule has 0 atom stereocenters. The normalized spacial score (nSPS) is 16.6. The zero-order chi connectivity index (χ0) is 14.7. The molecule has 1 aromatic heterocycles. The average molecular weight is 280 g/mol. The van der Waals surface area contributed by atoms with E-state index in [2.05, 4.69) is 10.3 Å². The number of H-pyrrole nitrogens is 1. The minimum atomic E-state index is -0.435. The van der Waals surface area contributed by atoms with E-state index in [4.69, 9.17) is 5.73 Å². The quantitative estimate of drug-likeness (QED) is 0.779. The number of nitrogens with two attached hydrogens (primary N) is 1. The minimum absolute atomic E-state index is 0.248. The first kappa shape index (κ1) is 14.7. The van der Waals surface area contributed by atoms with E-state index in [1.807, 2.05) is 13.8 Å². The first-order valence-electron chi connectivity index (χ1n) is 7.38. The van der Waals surface area contributed by atoms with Gasteiger partial charge >= 0.3 is 5.69 Å². The second-order valence-corrected chi connectivity index (χ2v) is 6.00. The Morgan fingerprint density at radius 2 is 1.95 bits per heavy atom. The Hall–Kier alpha value is -1.72. The number of rotatable bonds is 4. The van der Waals surface area contributed by atoms with Crippen LogP contribution in [0.1, 0.15) is 46.0 Å². The van der Waals surface area contributed by atoms with Crippen LogP contribution < -0.4 is 22.3 Å². The molecule has 0 aromatic carbocycles. The van der Waals surface area contributed by atoms with Crippen molar-refractivity contribution in [2.45, 2.75) is 58.5 Å². The third-order valence-corrected chi connectivity index (χ3v) is 3.74. The van der Waals surface area contributed by atoms with Crippen molar-refractivity contribution in [1.29, 1.82) is 0 Å². The molecule has 0 unspecified atom stereocenters. The fourth-order valence-electron chi connectivity index (χ4n) is 2.72. The topological polar surface area (TPSA) is 92.9 Å². The lowest BCUT2D eigenvalue weighted by molar-refractivity contribution is 0.461. The molecule has 1 aromatic rings. The maximum Gasteiger partial charge on any atom is 0.330 e. The van der Waals surface area contributed by atoms with Crippen molar-refractivity contribution in [2.75, 3.05) is 11.1 Å². The van der Waals surface area contributed by atoms with Crippen molar-refractivity contribution in [3.8, 4) is 0 Å². The molecule has 0 saturated heterocycles. The van der Waals surface area contributed by atoms with E-state index in [-0.39, 0.29) is 17.8 Å². The molecule has 2 rings (SSSR count). The Kier molecular flexibility index (Phi) is 4.52. The number of anilines is 2. The molecule has 112 valence electrons. The van der Waals surface area contributed by atoms with Crippen LogP contribution in [0, 0.1) is 5.92 Å². The molecule has 1 heterocycles. The van der Waals surface area contributed by atoms with Crippen LogP contribution in [0.2, 0.25) is 0 Å². The molecule has 4 N–H and O–H groups in total. The van der Waals surface area contributed by atoms with Gasteiger partial charge in [-0.25, -0.2) is 4.79 Å². The van der Waals surface area contributed by atoms with E-state index >= 15 is 0 Å². The zero-order valence-electron chi connectivity index (χ0n) is 12.2. The summed E-state index contributed by atoms with van der Waals surface area (Å²) in [6.07, 6.45) is 5.67. The average Bonchev–Trinajstić information content (AvgIpc) is 2.40. The third-order valence-electron chi connectivity index (χ3n) is 3.74. The largest absolute Gasteiger partial charge is 0.383 e. The highest BCUT2D eigenvalue weighted by atomic mass is 16.2. The van der Waals surface area contributed by atoms with Gasteiger partial charge in [0.15, 0.2) is 0 Å². The summed E-state index contributed by atoms with van der Waals surface area (Å²) in [5, 5.41) is 3.23. The van der Waals surface area contributed by atoms with Crippen molar-refractivity contribution in [2.24, 2.45) is 5.92 Å². The predicted octanol–water partition coefficient (Wildman–Crippen LogP) is 1.52. The van der Waals surface area contributed by atoms with Crippen LogP contribution in [0.25, 0.3) is 0 Å². The summed E-state index contributed by atoms with van der Waals surface area (Å²) >= 11 is 0. The van der Waals surface area contributed by atoms with Crippen molar-refractivity contribution in [3.63, 3.8) is 0 Å². The van der Waals surface area contributed by atoms with Crippen molar-refractivity contribution in [3.05, 3.63) is 20.8 Å². The van der Waals surface area contributed by atoms with Crippen molar-refractivity contribution in [1.82, 2.24) is 9.55 Å². The van der Waals surface area contributed by atoms with Crippen LogP contribution in [0.15, 0.2) is 9.59 Å². The van der Waals surface area contributed by atoms with Crippen LogP contribution in [-0.2, 0) is 6.54 Å². The van der Waals surface area contributed by atoms with Gasteiger partial charge < -0.3 is 11.1 Å². The minimum Gasteiger partial charge on any atom is -0.383 e. The lowest BCUT2D eigenvalue weighted by atomic mass is 9.95. The molecule has 1 fully saturated rings. The highest BCUT2D eigenvalue weighted by Gasteiger charge is 2.18. The lowest BCUT2D eigenvalue weighted by Gasteiger charge is -2.24. The van der Waals surface area contributed by atoms with Crippen LogP contribution in [0.5, 0.6) is 0 Å². The number of nitrogen functional groups attached to an aromatic ring is 1. The van der Waals surface area contributed by atoms with Gasteiger partial charge in [0.25, 0.3) is 5.56 Å². The van der Waals surface area contributed by atoms with Gasteiger partial charge in [-0.15, -0.1) is 0 Å². The Balaban J connectivity index is 2.31. The van der Waals surface area contributed by atoms with Gasteiger partial charge in [0, 0.05) is 12.6 Å². The van der Waals surface area contributed by atoms with Gasteiger partial charge in [-0.1, -0.05) is 33.1 Å². The second-order valence-electron chi connectivity index (χ2n) is 6.00. The van der Waals surface area contributed by atoms with E-state index in [9.17, 15) is 9.59 Å². The maximum atomic E-state index is 12.0. The summed E-state index contributed by atoms with van der Waals surface area (Å²) in [7, 11) is 0. The van der Waals surface area contributed by atoms with E-state index in [0.29, 0.717) is 12.2 Å². The lowest BCUT2D eigenvalue weighted by Crippen LogP contribution is -2.37. The van der Waals surface area contributed by atoms with E-state index in [1.165, 1.54) is 23.8 Å². The molecule has 0 spiro atoms. The molecule has 0 bridgehead atoms. The molecule has 20 heavy (non-hydrogen) atoms. The number of hydrogen-bond acceptors (Lipinski definition) is 4. The zero-order valence-corrected chi connectivity index (χ0v) is 12.2. The summed E-state index contributed by atoms with van der Waals surface area (Å²) in [4.78, 5) is 26.2. The first-order chi connectivity index (χ1) is 9.49. The molecule has 0 aliphatic heterocycles. The first-order valence-corrected chi connectivity index (χ1v) is 7.38. The summed E-state index contributed by atoms with van der Waals surface area (Å²) in [6, 6.07) is 0.275. The number of hydrogen-bond donors (Lipinski definition) is 3. The summed E-state index contributed by atoms with van der Waals surface area (Å²) < 4.78 is 1.44. The molecular formula is C14H24N4O2. The maximum absolute atomic E-state index is 12.0. The van der Waals surface area contributed by atoms with Crippen LogP contribution >= 0.6 is 0 Å². The third kappa shape index (κ3) is 3.23. The van der Waals surface area contributed by atoms with Gasteiger partial charge in [-0.3, -0.25) is 14.3 Å². The molecular weight excluding hydrogens is 256 g/mol. The highest BCUT2D eigenvalue weighted by molar-refractivity contribution is 5.60.